The summed E-state index contributed by atoms with van der Waals surface area (Å²) in [5.74, 6) is 1.26. The third kappa shape index (κ3) is 4.27. The number of carbonyl (C=O) groups excluding carboxylic acids is 1. The van der Waals surface area contributed by atoms with E-state index in [0.29, 0.717) is 19.8 Å². The van der Waals surface area contributed by atoms with E-state index in [9.17, 15) is 9.59 Å². The molecule has 1 N–H and O–H groups in total. The number of ether oxygens (including phenoxy) is 2. The molecule has 1 aromatic heterocycles. The van der Waals surface area contributed by atoms with Crippen molar-refractivity contribution in [1.82, 2.24) is 9.88 Å². The average Bonchev–Trinajstić information content (AvgIpc) is 2.63. The van der Waals surface area contributed by atoms with E-state index in [1.165, 1.54) is 10.6 Å². The predicted octanol–water partition coefficient (Wildman–Crippen LogP) is 2.48. The lowest BCUT2D eigenvalue weighted by Gasteiger charge is -2.28. The number of halogens is 1. The minimum absolute atomic E-state index is 0.0184. The van der Waals surface area contributed by atoms with Crippen LogP contribution in [0.25, 0.3) is 0 Å². The number of fused-ring (bicyclic) bond motifs is 1. The van der Waals surface area contributed by atoms with Crippen LogP contribution < -0.4 is 20.3 Å². The van der Waals surface area contributed by atoms with Gasteiger partial charge in [-0.25, -0.2) is 0 Å². The van der Waals surface area contributed by atoms with Crippen LogP contribution >= 0.6 is 15.9 Å². The number of hydrogen-bond acceptors (Lipinski definition) is 4. The Labute approximate surface area is 160 Å². The Kier molecular flexibility index (Phi) is 5.36. The van der Waals surface area contributed by atoms with Crippen LogP contribution in [-0.4, -0.2) is 30.2 Å². The van der Waals surface area contributed by atoms with Gasteiger partial charge in [-0.1, -0.05) is 19.9 Å². The van der Waals surface area contributed by atoms with Crippen LogP contribution in [0.5, 0.6) is 11.5 Å². The maximum atomic E-state index is 12.3. The van der Waals surface area contributed by atoms with Crippen LogP contribution in [0.2, 0.25) is 0 Å². The lowest BCUT2D eigenvalue weighted by atomic mass is 9.84. The first kappa shape index (κ1) is 18.5. The number of benzene rings is 1. The zero-order chi connectivity index (χ0) is 18.7. The van der Waals surface area contributed by atoms with Gasteiger partial charge in [-0.15, -0.1) is 0 Å². The summed E-state index contributed by atoms with van der Waals surface area (Å²) in [5.41, 5.74) is 0.532. The molecule has 7 heteroatoms. The lowest BCUT2D eigenvalue weighted by Crippen LogP contribution is -2.39. The van der Waals surface area contributed by atoms with E-state index in [2.05, 4.69) is 21.2 Å². The second-order valence-corrected chi connectivity index (χ2v) is 7.75. The summed E-state index contributed by atoms with van der Waals surface area (Å²) in [5, 5.41) is 2.91. The molecule has 0 unspecified atom stereocenters. The van der Waals surface area contributed by atoms with Crippen molar-refractivity contribution in [2.75, 3.05) is 19.8 Å². The topological polar surface area (TPSA) is 69.6 Å². The van der Waals surface area contributed by atoms with Gasteiger partial charge in [-0.05, 0) is 39.7 Å². The fourth-order valence-electron chi connectivity index (χ4n) is 2.72. The molecule has 1 aromatic carbocycles. The Hall–Kier alpha value is -2.28. The monoisotopic (exact) mass is 420 g/mol. The summed E-state index contributed by atoms with van der Waals surface area (Å²) in [6.07, 6.45) is 1.61. The Morgan fingerprint density at radius 3 is 2.69 bits per heavy atom. The molecule has 26 heavy (non-hydrogen) atoms. The minimum Gasteiger partial charge on any atom is -0.486 e. The van der Waals surface area contributed by atoms with Crippen molar-refractivity contribution in [2.45, 2.75) is 25.8 Å². The van der Waals surface area contributed by atoms with Crippen molar-refractivity contribution in [1.29, 1.82) is 0 Å². The highest BCUT2D eigenvalue weighted by Crippen LogP contribution is 2.34. The molecule has 0 saturated carbocycles. The largest absolute Gasteiger partial charge is 0.486 e. The summed E-state index contributed by atoms with van der Waals surface area (Å²) >= 11 is 3.30. The molecule has 0 radical (unpaired) electrons. The lowest BCUT2D eigenvalue weighted by molar-refractivity contribution is -0.121. The SMILES string of the molecule is CC(C)(CNC(=O)Cn1cc(Br)ccc1=O)c1ccc2c(c1)OCCO2. The van der Waals surface area contributed by atoms with Crippen LogP contribution in [0.4, 0.5) is 0 Å². The zero-order valence-electron chi connectivity index (χ0n) is 14.8. The van der Waals surface area contributed by atoms with E-state index < -0.39 is 0 Å². The van der Waals surface area contributed by atoms with Crippen LogP contribution in [0, 0.1) is 0 Å². The van der Waals surface area contributed by atoms with E-state index in [4.69, 9.17) is 9.47 Å². The zero-order valence-corrected chi connectivity index (χ0v) is 16.3. The van der Waals surface area contributed by atoms with Crippen molar-refractivity contribution in [3.63, 3.8) is 0 Å². The van der Waals surface area contributed by atoms with Crippen molar-refractivity contribution in [3.05, 3.63) is 56.9 Å². The van der Waals surface area contributed by atoms with Crippen molar-refractivity contribution < 1.29 is 14.3 Å². The Bertz CT molecular complexity index is 876. The smallest absolute Gasteiger partial charge is 0.251 e. The standard InChI is InChI=1S/C19H21BrN2O4/c1-19(2,13-3-5-15-16(9-13)26-8-7-25-15)12-21-17(23)11-22-10-14(20)4-6-18(22)24/h3-6,9-10H,7-8,11-12H2,1-2H3,(H,21,23). The highest BCUT2D eigenvalue weighted by Gasteiger charge is 2.24. The van der Waals surface area contributed by atoms with Gasteiger partial charge in [0.2, 0.25) is 5.91 Å². The highest BCUT2D eigenvalue weighted by atomic mass is 79.9. The Morgan fingerprint density at radius 2 is 1.92 bits per heavy atom. The van der Waals surface area contributed by atoms with Crippen molar-refractivity contribution in [2.24, 2.45) is 0 Å². The molecule has 0 aliphatic carbocycles. The number of nitrogens with zero attached hydrogens (tertiary/aromatic N) is 1. The average molecular weight is 421 g/mol. The van der Waals surface area contributed by atoms with E-state index in [1.807, 2.05) is 32.0 Å². The normalized spacial score (nSPS) is 13.3. The molecule has 2 aromatic rings. The first-order valence-corrected chi connectivity index (χ1v) is 9.17. The second-order valence-electron chi connectivity index (χ2n) is 6.83. The molecule has 6 nitrogen and oxygen atoms in total. The number of aromatic nitrogens is 1. The molecule has 1 aliphatic heterocycles. The second kappa shape index (κ2) is 7.53. The van der Waals surface area contributed by atoms with Gasteiger partial charge >= 0.3 is 0 Å². The maximum absolute atomic E-state index is 12.3. The van der Waals surface area contributed by atoms with Crippen LogP contribution in [0.3, 0.4) is 0 Å². The van der Waals surface area contributed by atoms with Gasteiger partial charge < -0.3 is 19.4 Å². The molecule has 3 rings (SSSR count). The summed E-state index contributed by atoms with van der Waals surface area (Å²) in [4.78, 5) is 24.1. The molecule has 1 amide bonds. The number of hydrogen-bond donors (Lipinski definition) is 1. The molecule has 0 saturated heterocycles. The number of rotatable bonds is 5. The molecule has 0 bridgehead atoms. The van der Waals surface area contributed by atoms with Gasteiger partial charge in [0.05, 0.1) is 0 Å². The molecule has 1 aliphatic rings. The van der Waals surface area contributed by atoms with Crippen LogP contribution in [-0.2, 0) is 16.8 Å². The third-order valence-corrected chi connectivity index (χ3v) is 4.78. The summed E-state index contributed by atoms with van der Waals surface area (Å²) in [7, 11) is 0. The predicted molar refractivity (Wildman–Crippen MR) is 102 cm³/mol. The third-order valence-electron chi connectivity index (χ3n) is 4.31. The van der Waals surface area contributed by atoms with E-state index in [0.717, 1.165) is 21.5 Å². The van der Waals surface area contributed by atoms with Crippen LogP contribution in [0.1, 0.15) is 19.4 Å². The first-order valence-electron chi connectivity index (χ1n) is 8.38. The Morgan fingerprint density at radius 1 is 1.19 bits per heavy atom. The molecular weight excluding hydrogens is 400 g/mol. The number of pyridine rings is 1. The van der Waals surface area contributed by atoms with Gasteiger partial charge in [0.1, 0.15) is 19.8 Å². The van der Waals surface area contributed by atoms with Gasteiger partial charge in [0.15, 0.2) is 11.5 Å². The molecule has 0 fully saturated rings. The highest BCUT2D eigenvalue weighted by molar-refractivity contribution is 9.10. The molecule has 138 valence electrons. The fraction of sp³-hybridized carbons (Fsp3) is 0.368. The first-order chi connectivity index (χ1) is 12.3. The molecule has 2 heterocycles. The van der Waals surface area contributed by atoms with Crippen molar-refractivity contribution >= 4 is 21.8 Å². The minimum atomic E-state index is -0.298. The maximum Gasteiger partial charge on any atom is 0.251 e. The number of nitrogens with one attached hydrogen (secondary N) is 1. The molecule has 0 atom stereocenters. The number of amides is 1. The van der Waals surface area contributed by atoms with E-state index >= 15 is 0 Å². The number of carbonyl (C=O) groups is 1. The fourth-order valence-corrected chi connectivity index (χ4v) is 3.10. The summed E-state index contributed by atoms with van der Waals surface area (Å²) in [6, 6.07) is 8.92. The summed E-state index contributed by atoms with van der Waals surface area (Å²) in [6.45, 7) is 5.60. The van der Waals surface area contributed by atoms with E-state index in [-0.39, 0.29) is 23.4 Å². The molecule has 0 spiro atoms. The van der Waals surface area contributed by atoms with Gasteiger partial charge in [-0.2, -0.15) is 0 Å². The van der Waals surface area contributed by atoms with Gasteiger partial charge in [0, 0.05) is 28.7 Å². The van der Waals surface area contributed by atoms with Gasteiger partial charge in [-0.3, -0.25) is 9.59 Å². The quantitative estimate of drug-likeness (QED) is 0.806. The molecular formula is C19H21BrN2O4. The van der Waals surface area contributed by atoms with Gasteiger partial charge in [0.25, 0.3) is 5.56 Å². The van der Waals surface area contributed by atoms with E-state index in [1.54, 1.807) is 12.3 Å². The Balaban J connectivity index is 1.65. The van der Waals surface area contributed by atoms with Crippen LogP contribution in [0.15, 0.2) is 45.8 Å². The summed E-state index contributed by atoms with van der Waals surface area (Å²) < 4.78 is 13.3. The van der Waals surface area contributed by atoms with Crippen molar-refractivity contribution in [3.8, 4) is 11.5 Å².